The van der Waals surface area contributed by atoms with E-state index in [0.29, 0.717) is 6.54 Å². The third-order valence-electron chi connectivity index (χ3n) is 3.37. The number of hydrogen-bond donors (Lipinski definition) is 2. The summed E-state index contributed by atoms with van der Waals surface area (Å²) >= 11 is 0. The van der Waals surface area contributed by atoms with Crippen LogP contribution in [0.5, 0.6) is 0 Å². The second kappa shape index (κ2) is 5.76. The Hall–Kier alpha value is -2.32. The molecule has 1 aromatic rings. The van der Waals surface area contributed by atoms with Crippen LogP contribution in [-0.4, -0.2) is 29.6 Å². The molecule has 0 aliphatic carbocycles. The predicted octanol–water partition coefficient (Wildman–Crippen LogP) is 1.01. The molecule has 20 heavy (non-hydrogen) atoms. The van der Waals surface area contributed by atoms with Crippen LogP contribution in [0.1, 0.15) is 28.8 Å². The Morgan fingerprint density at radius 3 is 2.90 bits per heavy atom. The summed E-state index contributed by atoms with van der Waals surface area (Å²) in [6.45, 7) is 0.580. The van der Waals surface area contributed by atoms with Gasteiger partial charge in [-0.3, -0.25) is 4.79 Å². The Morgan fingerprint density at radius 2 is 2.25 bits per heavy atom. The normalized spacial score (nSPS) is 15.1. The van der Waals surface area contributed by atoms with E-state index in [9.17, 15) is 9.59 Å². The minimum Gasteiger partial charge on any atom is -0.478 e. The number of aryl methyl sites for hydroxylation is 1. The van der Waals surface area contributed by atoms with Crippen molar-refractivity contribution in [3.05, 3.63) is 29.3 Å². The molecule has 1 aromatic carbocycles. The van der Waals surface area contributed by atoms with Gasteiger partial charge in [0.1, 0.15) is 0 Å². The number of nitrogens with two attached hydrogens (primary N) is 1. The lowest BCUT2D eigenvalue weighted by Gasteiger charge is -2.31. The Balaban J connectivity index is 2.31. The van der Waals surface area contributed by atoms with E-state index < -0.39 is 12.0 Å². The van der Waals surface area contributed by atoms with Gasteiger partial charge in [0.25, 0.3) is 0 Å². The molecule has 0 radical (unpaired) electrons. The summed E-state index contributed by atoms with van der Waals surface area (Å²) in [4.78, 5) is 24.8. The number of amides is 1. The van der Waals surface area contributed by atoms with Crippen LogP contribution < -0.4 is 10.6 Å². The van der Waals surface area contributed by atoms with Crippen LogP contribution in [0.15, 0.2) is 18.2 Å². The van der Waals surface area contributed by atoms with Gasteiger partial charge in [0.05, 0.1) is 11.6 Å². The van der Waals surface area contributed by atoms with Gasteiger partial charge in [0.2, 0.25) is 5.91 Å². The van der Waals surface area contributed by atoms with Gasteiger partial charge in [-0.15, -0.1) is 12.3 Å². The zero-order valence-corrected chi connectivity index (χ0v) is 11.0. The first-order valence-electron chi connectivity index (χ1n) is 6.41. The molecule has 5 nitrogen and oxygen atoms in total. The highest BCUT2D eigenvalue weighted by atomic mass is 16.4. The average molecular weight is 272 g/mol. The summed E-state index contributed by atoms with van der Waals surface area (Å²) in [5, 5.41) is 9.00. The first-order chi connectivity index (χ1) is 9.54. The van der Waals surface area contributed by atoms with Crippen molar-refractivity contribution < 1.29 is 14.7 Å². The van der Waals surface area contributed by atoms with Crippen molar-refractivity contribution in [2.75, 3.05) is 11.4 Å². The lowest BCUT2D eigenvalue weighted by Crippen LogP contribution is -2.45. The van der Waals surface area contributed by atoms with E-state index in [2.05, 4.69) is 5.92 Å². The highest BCUT2D eigenvalue weighted by Crippen LogP contribution is 2.28. The Kier molecular flexibility index (Phi) is 4.06. The number of hydrogen-bond acceptors (Lipinski definition) is 3. The summed E-state index contributed by atoms with van der Waals surface area (Å²) in [6.07, 6.45) is 6.91. The van der Waals surface area contributed by atoms with Gasteiger partial charge in [0.15, 0.2) is 0 Å². The third-order valence-corrected chi connectivity index (χ3v) is 3.37. The minimum absolute atomic E-state index is 0.192. The van der Waals surface area contributed by atoms with Crippen LogP contribution in [-0.2, 0) is 11.2 Å². The number of terminal acetylenes is 1. The molecule has 2 rings (SSSR count). The van der Waals surface area contributed by atoms with Crippen molar-refractivity contribution in [3.63, 3.8) is 0 Å². The molecule has 0 aromatic heterocycles. The highest BCUT2D eigenvalue weighted by Gasteiger charge is 2.26. The molecule has 5 heteroatoms. The molecule has 0 spiro atoms. The largest absolute Gasteiger partial charge is 0.478 e. The predicted molar refractivity (Wildman–Crippen MR) is 75.5 cm³/mol. The lowest BCUT2D eigenvalue weighted by molar-refractivity contribution is -0.119. The van der Waals surface area contributed by atoms with E-state index in [1.54, 1.807) is 17.0 Å². The monoisotopic (exact) mass is 272 g/mol. The minimum atomic E-state index is -0.972. The third kappa shape index (κ3) is 2.65. The van der Waals surface area contributed by atoms with E-state index in [-0.39, 0.29) is 17.9 Å². The van der Waals surface area contributed by atoms with Gasteiger partial charge in [-0.1, -0.05) is 0 Å². The van der Waals surface area contributed by atoms with Crippen molar-refractivity contribution in [2.24, 2.45) is 5.73 Å². The van der Waals surface area contributed by atoms with Crippen LogP contribution >= 0.6 is 0 Å². The second-order valence-electron chi connectivity index (χ2n) is 4.76. The molecule has 0 fully saturated rings. The quantitative estimate of drug-likeness (QED) is 0.804. The summed E-state index contributed by atoms with van der Waals surface area (Å²) in [7, 11) is 0. The van der Waals surface area contributed by atoms with Gasteiger partial charge in [-0.2, -0.15) is 0 Å². The average Bonchev–Trinajstić information content (AvgIpc) is 2.45. The molecule has 1 amide bonds. The van der Waals surface area contributed by atoms with E-state index >= 15 is 0 Å². The molecule has 104 valence electrons. The number of carbonyl (C=O) groups is 2. The van der Waals surface area contributed by atoms with Gasteiger partial charge >= 0.3 is 5.97 Å². The number of fused-ring (bicyclic) bond motifs is 1. The Bertz CT molecular complexity index is 589. The van der Waals surface area contributed by atoms with Gasteiger partial charge in [-0.25, -0.2) is 4.79 Å². The van der Waals surface area contributed by atoms with Crippen LogP contribution in [0, 0.1) is 12.3 Å². The summed E-state index contributed by atoms with van der Waals surface area (Å²) < 4.78 is 0. The number of carboxylic acids is 1. The maximum atomic E-state index is 12.3. The Morgan fingerprint density at radius 1 is 1.50 bits per heavy atom. The molecular formula is C15H16N2O3. The fourth-order valence-electron chi connectivity index (χ4n) is 2.37. The highest BCUT2D eigenvalue weighted by molar-refractivity contribution is 5.99. The zero-order chi connectivity index (χ0) is 14.7. The zero-order valence-electron chi connectivity index (χ0n) is 11.0. The van der Waals surface area contributed by atoms with Crippen molar-refractivity contribution >= 4 is 17.6 Å². The summed E-state index contributed by atoms with van der Waals surface area (Å²) in [6, 6.07) is 4.06. The molecule has 1 heterocycles. The standard InChI is InChI=1S/C15H16N2O3/c1-2-4-12(16)14(18)17-8-3-5-10-9-11(15(19)20)6-7-13(10)17/h1,6-7,9,12H,3-5,8,16H2,(H,19,20). The van der Waals surface area contributed by atoms with Crippen LogP contribution in [0.25, 0.3) is 0 Å². The van der Waals surface area contributed by atoms with E-state index in [4.69, 9.17) is 17.3 Å². The smallest absolute Gasteiger partial charge is 0.335 e. The first kappa shape index (κ1) is 14.1. The molecular weight excluding hydrogens is 256 g/mol. The molecule has 1 unspecified atom stereocenters. The van der Waals surface area contributed by atoms with Crippen molar-refractivity contribution in [1.82, 2.24) is 0 Å². The number of anilines is 1. The number of aromatic carboxylic acids is 1. The van der Waals surface area contributed by atoms with Crippen molar-refractivity contribution in [3.8, 4) is 12.3 Å². The molecule has 1 aliphatic rings. The number of carbonyl (C=O) groups excluding carboxylic acids is 1. The number of nitrogens with zero attached hydrogens (tertiary/aromatic N) is 1. The molecule has 1 aliphatic heterocycles. The van der Waals surface area contributed by atoms with E-state index in [1.165, 1.54) is 6.07 Å². The van der Waals surface area contributed by atoms with Crippen LogP contribution in [0.4, 0.5) is 5.69 Å². The van der Waals surface area contributed by atoms with Gasteiger partial charge in [-0.05, 0) is 36.6 Å². The second-order valence-corrected chi connectivity index (χ2v) is 4.76. The van der Waals surface area contributed by atoms with Crippen molar-refractivity contribution in [2.45, 2.75) is 25.3 Å². The summed E-state index contributed by atoms with van der Waals surface area (Å²) in [5.41, 5.74) is 7.59. The maximum Gasteiger partial charge on any atom is 0.335 e. The SMILES string of the molecule is C#CCC(N)C(=O)N1CCCc2cc(C(=O)O)ccc21. The molecule has 0 saturated carbocycles. The van der Waals surface area contributed by atoms with E-state index in [1.807, 2.05) is 0 Å². The number of benzene rings is 1. The number of rotatable bonds is 3. The lowest BCUT2D eigenvalue weighted by atomic mass is 9.98. The number of carboxylic acid groups (broad SMARTS) is 1. The van der Waals surface area contributed by atoms with Gasteiger partial charge in [0, 0.05) is 18.7 Å². The first-order valence-corrected chi connectivity index (χ1v) is 6.41. The molecule has 0 bridgehead atoms. The van der Waals surface area contributed by atoms with Crippen molar-refractivity contribution in [1.29, 1.82) is 0 Å². The van der Waals surface area contributed by atoms with Crippen LogP contribution in [0.2, 0.25) is 0 Å². The van der Waals surface area contributed by atoms with E-state index in [0.717, 1.165) is 24.1 Å². The Labute approximate surface area is 117 Å². The summed E-state index contributed by atoms with van der Waals surface area (Å²) in [5.74, 6) is 1.20. The fraction of sp³-hybridized carbons (Fsp3) is 0.333. The van der Waals surface area contributed by atoms with Gasteiger partial charge < -0.3 is 15.7 Å². The fourth-order valence-corrected chi connectivity index (χ4v) is 2.37. The topological polar surface area (TPSA) is 83.6 Å². The maximum absolute atomic E-state index is 12.3. The molecule has 1 atom stereocenters. The molecule has 0 saturated heterocycles. The molecule has 3 N–H and O–H groups in total. The van der Waals surface area contributed by atoms with Crippen LogP contribution in [0.3, 0.4) is 0 Å².